The number of carbonyl (C=O) groups excluding carboxylic acids is 1. The van der Waals surface area contributed by atoms with E-state index in [1.54, 1.807) is 0 Å². The molecular weight excluding hydrogens is 218 g/mol. The molecule has 1 atom stereocenters. The molecule has 98 valence electrons. The zero-order valence-corrected chi connectivity index (χ0v) is 10.4. The molecule has 0 spiro atoms. The molecule has 0 unspecified atom stereocenters. The van der Waals surface area contributed by atoms with Crippen LogP contribution >= 0.6 is 0 Å². The zero-order chi connectivity index (χ0) is 11.9. The van der Waals surface area contributed by atoms with Crippen molar-refractivity contribution in [2.75, 3.05) is 45.9 Å². The summed E-state index contributed by atoms with van der Waals surface area (Å²) in [5.74, 6) is 0.0720. The van der Waals surface area contributed by atoms with E-state index in [1.807, 2.05) is 0 Å². The van der Waals surface area contributed by atoms with E-state index in [4.69, 9.17) is 4.74 Å². The Morgan fingerprint density at radius 2 is 2.24 bits per heavy atom. The van der Waals surface area contributed by atoms with E-state index in [2.05, 4.69) is 15.5 Å². The molecule has 0 aromatic rings. The molecule has 2 rings (SSSR count). The van der Waals surface area contributed by atoms with E-state index in [9.17, 15) is 4.79 Å². The predicted octanol–water partition coefficient (Wildman–Crippen LogP) is -0.423. The van der Waals surface area contributed by atoms with Crippen molar-refractivity contribution in [1.29, 1.82) is 0 Å². The molecular formula is C12H23N3O2. The number of amides is 1. The summed E-state index contributed by atoms with van der Waals surface area (Å²) in [6, 6.07) is 0. The molecule has 0 aromatic heterocycles. The lowest BCUT2D eigenvalue weighted by Crippen LogP contribution is -2.44. The van der Waals surface area contributed by atoms with Gasteiger partial charge in [-0.15, -0.1) is 0 Å². The first-order valence-electron chi connectivity index (χ1n) is 6.68. The fourth-order valence-electron chi connectivity index (χ4n) is 2.35. The minimum Gasteiger partial charge on any atom is -0.368 e. The molecule has 2 N–H and O–H groups in total. The maximum atomic E-state index is 11.6. The molecule has 2 fully saturated rings. The van der Waals surface area contributed by atoms with Crippen LogP contribution in [0.3, 0.4) is 0 Å². The number of nitrogens with one attached hydrogen (secondary N) is 2. The summed E-state index contributed by atoms with van der Waals surface area (Å²) in [6.45, 7) is 7.00. The van der Waals surface area contributed by atoms with Crippen LogP contribution in [0.5, 0.6) is 0 Å². The Kier molecular flexibility index (Phi) is 5.22. The van der Waals surface area contributed by atoms with Crippen LogP contribution in [-0.2, 0) is 9.53 Å². The van der Waals surface area contributed by atoms with Gasteiger partial charge in [0.1, 0.15) is 6.10 Å². The third-order valence-corrected chi connectivity index (χ3v) is 3.38. The van der Waals surface area contributed by atoms with Crippen molar-refractivity contribution < 1.29 is 9.53 Å². The molecule has 2 aliphatic heterocycles. The maximum absolute atomic E-state index is 11.6. The molecule has 2 aliphatic rings. The van der Waals surface area contributed by atoms with Crippen molar-refractivity contribution in [1.82, 2.24) is 15.5 Å². The molecule has 0 aromatic carbocycles. The second-order valence-corrected chi connectivity index (χ2v) is 4.74. The molecule has 5 heteroatoms. The molecule has 0 aliphatic carbocycles. The molecule has 0 saturated carbocycles. The van der Waals surface area contributed by atoms with Gasteiger partial charge in [0.2, 0.25) is 5.91 Å². The number of hydrogen-bond acceptors (Lipinski definition) is 4. The largest absolute Gasteiger partial charge is 0.368 e. The van der Waals surface area contributed by atoms with Crippen molar-refractivity contribution in [3.63, 3.8) is 0 Å². The smallest absolute Gasteiger partial charge is 0.249 e. The Labute approximate surface area is 103 Å². The second kappa shape index (κ2) is 6.93. The standard InChI is InChI=1S/C12H23N3O2/c16-12(11-3-1-10-17-11)14-4-2-7-15-8-5-13-6-9-15/h11,13H,1-10H2,(H,14,16)/t11-/m0/s1. The van der Waals surface area contributed by atoms with Gasteiger partial charge < -0.3 is 20.3 Å². The van der Waals surface area contributed by atoms with Gasteiger partial charge in [-0.1, -0.05) is 0 Å². The van der Waals surface area contributed by atoms with Gasteiger partial charge in [0.15, 0.2) is 0 Å². The monoisotopic (exact) mass is 241 g/mol. The van der Waals surface area contributed by atoms with Crippen LogP contribution in [0.25, 0.3) is 0 Å². The lowest BCUT2D eigenvalue weighted by molar-refractivity contribution is -0.130. The number of nitrogens with zero attached hydrogens (tertiary/aromatic N) is 1. The molecule has 17 heavy (non-hydrogen) atoms. The Morgan fingerprint density at radius 3 is 2.94 bits per heavy atom. The third-order valence-electron chi connectivity index (χ3n) is 3.38. The lowest BCUT2D eigenvalue weighted by atomic mass is 10.2. The highest BCUT2D eigenvalue weighted by Gasteiger charge is 2.22. The Hall–Kier alpha value is -0.650. The van der Waals surface area contributed by atoms with Crippen molar-refractivity contribution in [2.24, 2.45) is 0 Å². The van der Waals surface area contributed by atoms with Gasteiger partial charge in [0, 0.05) is 39.3 Å². The first-order valence-corrected chi connectivity index (χ1v) is 6.68. The summed E-state index contributed by atoms with van der Waals surface area (Å²) < 4.78 is 5.33. The fourth-order valence-corrected chi connectivity index (χ4v) is 2.35. The summed E-state index contributed by atoms with van der Waals surface area (Å²) in [6.07, 6.45) is 2.73. The van der Waals surface area contributed by atoms with Crippen molar-refractivity contribution in [3.05, 3.63) is 0 Å². The highest BCUT2D eigenvalue weighted by Crippen LogP contribution is 2.11. The van der Waals surface area contributed by atoms with Crippen LogP contribution in [0.2, 0.25) is 0 Å². The highest BCUT2D eigenvalue weighted by atomic mass is 16.5. The number of rotatable bonds is 5. The Bertz CT molecular complexity index is 236. The van der Waals surface area contributed by atoms with Crippen molar-refractivity contribution in [2.45, 2.75) is 25.4 Å². The first kappa shape index (κ1) is 12.8. The van der Waals surface area contributed by atoms with E-state index in [0.717, 1.165) is 65.1 Å². The number of carbonyl (C=O) groups is 1. The van der Waals surface area contributed by atoms with E-state index in [1.165, 1.54) is 0 Å². The fraction of sp³-hybridized carbons (Fsp3) is 0.917. The summed E-state index contributed by atoms with van der Waals surface area (Å²) in [5, 5.41) is 6.29. The third kappa shape index (κ3) is 4.26. The molecule has 2 heterocycles. The van der Waals surface area contributed by atoms with Crippen LogP contribution in [-0.4, -0.2) is 62.8 Å². The highest BCUT2D eigenvalue weighted by molar-refractivity contribution is 5.80. The van der Waals surface area contributed by atoms with Crippen molar-refractivity contribution >= 4 is 5.91 Å². The molecule has 2 saturated heterocycles. The van der Waals surface area contributed by atoms with Crippen LogP contribution < -0.4 is 10.6 Å². The summed E-state index contributed by atoms with van der Waals surface area (Å²) >= 11 is 0. The van der Waals surface area contributed by atoms with Crippen LogP contribution in [0, 0.1) is 0 Å². The Morgan fingerprint density at radius 1 is 1.41 bits per heavy atom. The van der Waals surface area contributed by atoms with Gasteiger partial charge >= 0.3 is 0 Å². The van der Waals surface area contributed by atoms with Gasteiger partial charge in [-0.05, 0) is 25.8 Å². The minimum absolute atomic E-state index is 0.0720. The summed E-state index contributed by atoms with van der Waals surface area (Å²) in [7, 11) is 0. The van der Waals surface area contributed by atoms with Crippen LogP contribution in [0.1, 0.15) is 19.3 Å². The molecule has 1 amide bonds. The average molecular weight is 241 g/mol. The van der Waals surface area contributed by atoms with E-state index in [0.29, 0.717) is 0 Å². The topological polar surface area (TPSA) is 53.6 Å². The summed E-state index contributed by atoms with van der Waals surface area (Å²) in [4.78, 5) is 14.1. The SMILES string of the molecule is O=C(NCCCN1CCNCC1)[C@@H]1CCCO1. The van der Waals surface area contributed by atoms with E-state index >= 15 is 0 Å². The molecule has 0 radical (unpaired) electrons. The average Bonchev–Trinajstić information content (AvgIpc) is 2.89. The van der Waals surface area contributed by atoms with E-state index in [-0.39, 0.29) is 12.0 Å². The van der Waals surface area contributed by atoms with Gasteiger partial charge in [-0.3, -0.25) is 4.79 Å². The van der Waals surface area contributed by atoms with Gasteiger partial charge in [0.25, 0.3) is 0 Å². The van der Waals surface area contributed by atoms with E-state index < -0.39 is 0 Å². The van der Waals surface area contributed by atoms with Crippen LogP contribution in [0.15, 0.2) is 0 Å². The summed E-state index contributed by atoms with van der Waals surface area (Å²) in [5.41, 5.74) is 0. The number of hydrogen-bond donors (Lipinski definition) is 2. The Balaban J connectivity index is 1.51. The zero-order valence-electron chi connectivity index (χ0n) is 10.4. The van der Waals surface area contributed by atoms with Gasteiger partial charge in [0.05, 0.1) is 0 Å². The quantitative estimate of drug-likeness (QED) is 0.642. The predicted molar refractivity (Wildman–Crippen MR) is 65.9 cm³/mol. The number of ether oxygens (including phenoxy) is 1. The van der Waals surface area contributed by atoms with Crippen LogP contribution in [0.4, 0.5) is 0 Å². The first-order chi connectivity index (χ1) is 8.36. The van der Waals surface area contributed by atoms with Crippen molar-refractivity contribution in [3.8, 4) is 0 Å². The molecule has 5 nitrogen and oxygen atoms in total. The van der Waals surface area contributed by atoms with Gasteiger partial charge in [-0.25, -0.2) is 0 Å². The number of piperazine rings is 1. The normalized spacial score (nSPS) is 26.0. The minimum atomic E-state index is -0.186. The molecule has 0 bridgehead atoms. The maximum Gasteiger partial charge on any atom is 0.249 e. The van der Waals surface area contributed by atoms with Gasteiger partial charge in [-0.2, -0.15) is 0 Å². The second-order valence-electron chi connectivity index (χ2n) is 4.74. The lowest BCUT2D eigenvalue weighted by Gasteiger charge is -2.27.